The SMILES string of the molecule is C=C/C=C(\C/C=C\CCCNCc1ccccc1)Oc1ccc(C#N)cn1.CC. The van der Waals surface area contributed by atoms with Gasteiger partial charge in [0.1, 0.15) is 11.8 Å². The van der Waals surface area contributed by atoms with Crippen LogP contribution in [0.25, 0.3) is 0 Å². The van der Waals surface area contributed by atoms with Gasteiger partial charge >= 0.3 is 0 Å². The predicted octanol–water partition coefficient (Wildman–Crippen LogP) is 5.94. The Labute approximate surface area is 175 Å². The van der Waals surface area contributed by atoms with Crippen LogP contribution in [0.1, 0.15) is 44.2 Å². The van der Waals surface area contributed by atoms with E-state index < -0.39 is 0 Å². The minimum Gasteiger partial charge on any atom is -0.443 e. The minimum atomic E-state index is 0.473. The first-order valence-electron chi connectivity index (χ1n) is 10.1. The van der Waals surface area contributed by atoms with E-state index in [1.54, 1.807) is 18.2 Å². The monoisotopic (exact) mass is 389 g/mol. The lowest BCUT2D eigenvalue weighted by atomic mass is 10.2. The maximum Gasteiger partial charge on any atom is 0.218 e. The summed E-state index contributed by atoms with van der Waals surface area (Å²) in [6.07, 6.45) is 12.0. The molecule has 4 heteroatoms. The number of nitrogens with one attached hydrogen (secondary N) is 1. The van der Waals surface area contributed by atoms with E-state index in [4.69, 9.17) is 10.00 Å². The maximum absolute atomic E-state index is 8.80. The molecular weight excluding hydrogens is 358 g/mol. The number of rotatable bonds is 11. The molecule has 1 heterocycles. The number of hydrogen-bond donors (Lipinski definition) is 1. The van der Waals surface area contributed by atoms with Crippen molar-refractivity contribution < 1.29 is 4.74 Å². The van der Waals surface area contributed by atoms with E-state index in [2.05, 4.69) is 53.3 Å². The van der Waals surface area contributed by atoms with Crippen LogP contribution < -0.4 is 10.1 Å². The zero-order valence-corrected chi connectivity index (χ0v) is 17.5. The number of allylic oxidation sites excluding steroid dienone is 4. The van der Waals surface area contributed by atoms with E-state index in [-0.39, 0.29) is 0 Å². The number of pyridine rings is 1. The van der Waals surface area contributed by atoms with Crippen LogP contribution in [0.15, 0.2) is 85.3 Å². The molecule has 0 aliphatic rings. The Kier molecular flexibility index (Phi) is 13.1. The average Bonchev–Trinajstić information content (AvgIpc) is 2.78. The van der Waals surface area contributed by atoms with Crippen molar-refractivity contribution >= 4 is 0 Å². The van der Waals surface area contributed by atoms with Gasteiger partial charge in [-0.25, -0.2) is 4.98 Å². The van der Waals surface area contributed by atoms with Gasteiger partial charge in [-0.1, -0.05) is 69.0 Å². The highest BCUT2D eigenvalue weighted by atomic mass is 16.5. The second kappa shape index (κ2) is 15.9. The van der Waals surface area contributed by atoms with Gasteiger partial charge in [-0.3, -0.25) is 0 Å². The van der Waals surface area contributed by atoms with E-state index in [0.717, 1.165) is 31.7 Å². The van der Waals surface area contributed by atoms with Crippen molar-refractivity contribution in [3.63, 3.8) is 0 Å². The van der Waals surface area contributed by atoms with Crippen molar-refractivity contribution in [1.82, 2.24) is 10.3 Å². The molecule has 1 aromatic carbocycles. The first kappa shape index (κ1) is 23.9. The van der Waals surface area contributed by atoms with Crippen LogP contribution in [0, 0.1) is 11.3 Å². The number of nitrogens with zero attached hydrogens (tertiary/aromatic N) is 2. The molecule has 0 bridgehead atoms. The van der Waals surface area contributed by atoms with E-state index in [9.17, 15) is 0 Å². The third-order valence-corrected chi connectivity index (χ3v) is 3.79. The van der Waals surface area contributed by atoms with E-state index in [0.29, 0.717) is 17.9 Å². The van der Waals surface area contributed by atoms with Crippen LogP contribution in [0.2, 0.25) is 0 Å². The van der Waals surface area contributed by atoms with Crippen molar-refractivity contribution in [3.8, 4) is 11.9 Å². The Morgan fingerprint density at radius 1 is 1.17 bits per heavy atom. The van der Waals surface area contributed by atoms with Gasteiger partial charge in [0.05, 0.1) is 5.56 Å². The number of hydrogen-bond acceptors (Lipinski definition) is 4. The number of aromatic nitrogens is 1. The van der Waals surface area contributed by atoms with Crippen LogP contribution >= 0.6 is 0 Å². The Morgan fingerprint density at radius 3 is 2.62 bits per heavy atom. The molecule has 1 aromatic heterocycles. The highest BCUT2D eigenvalue weighted by Crippen LogP contribution is 2.14. The molecule has 0 atom stereocenters. The number of benzene rings is 1. The average molecular weight is 390 g/mol. The number of ether oxygens (including phenoxy) is 1. The Hall–Kier alpha value is -3.16. The predicted molar refractivity (Wildman–Crippen MR) is 120 cm³/mol. The molecule has 0 saturated heterocycles. The van der Waals surface area contributed by atoms with Gasteiger partial charge in [-0.05, 0) is 37.1 Å². The molecule has 0 fully saturated rings. The second-order valence-electron chi connectivity index (χ2n) is 5.95. The smallest absolute Gasteiger partial charge is 0.218 e. The molecule has 1 N–H and O–H groups in total. The van der Waals surface area contributed by atoms with Crippen molar-refractivity contribution in [2.24, 2.45) is 0 Å². The fourth-order valence-corrected chi connectivity index (χ4v) is 2.41. The lowest BCUT2D eigenvalue weighted by molar-refractivity contribution is 0.399. The fourth-order valence-electron chi connectivity index (χ4n) is 2.41. The summed E-state index contributed by atoms with van der Waals surface area (Å²) in [6, 6.07) is 15.8. The maximum atomic E-state index is 8.80. The van der Waals surface area contributed by atoms with Gasteiger partial charge in [-0.2, -0.15) is 5.26 Å². The van der Waals surface area contributed by atoms with Gasteiger partial charge < -0.3 is 10.1 Å². The highest BCUT2D eigenvalue weighted by Gasteiger charge is 2.00. The summed E-state index contributed by atoms with van der Waals surface area (Å²) in [5.74, 6) is 1.24. The Balaban J connectivity index is 0.00000204. The molecular formula is C25H31N3O. The third-order valence-electron chi connectivity index (χ3n) is 3.79. The molecule has 2 aromatic rings. The summed E-state index contributed by atoms with van der Waals surface area (Å²) in [5.41, 5.74) is 1.82. The molecule has 2 rings (SSSR count). The van der Waals surface area contributed by atoms with Gasteiger partial charge in [0.15, 0.2) is 0 Å². The quantitative estimate of drug-likeness (QED) is 0.223. The summed E-state index contributed by atoms with van der Waals surface area (Å²) in [6.45, 7) is 9.61. The van der Waals surface area contributed by atoms with Gasteiger partial charge in [-0.15, -0.1) is 0 Å². The summed E-state index contributed by atoms with van der Waals surface area (Å²) in [7, 11) is 0. The summed E-state index contributed by atoms with van der Waals surface area (Å²) < 4.78 is 5.75. The molecule has 4 nitrogen and oxygen atoms in total. The topological polar surface area (TPSA) is 57.9 Å². The van der Waals surface area contributed by atoms with Gasteiger partial charge in [0.2, 0.25) is 5.88 Å². The molecule has 0 amide bonds. The van der Waals surface area contributed by atoms with Crippen LogP contribution in [0.4, 0.5) is 0 Å². The molecule has 0 saturated carbocycles. The normalized spacial score (nSPS) is 10.7. The van der Waals surface area contributed by atoms with Crippen molar-refractivity contribution in [2.45, 2.75) is 39.7 Å². The molecule has 152 valence electrons. The van der Waals surface area contributed by atoms with Crippen molar-refractivity contribution in [2.75, 3.05) is 6.54 Å². The molecule has 0 aliphatic carbocycles. The third kappa shape index (κ3) is 10.7. The lowest BCUT2D eigenvalue weighted by Crippen LogP contribution is -2.14. The summed E-state index contributed by atoms with van der Waals surface area (Å²) >= 11 is 0. The fraction of sp³-hybridized carbons (Fsp3) is 0.280. The summed E-state index contributed by atoms with van der Waals surface area (Å²) in [5, 5.41) is 12.3. The van der Waals surface area contributed by atoms with E-state index in [1.807, 2.05) is 32.1 Å². The molecule has 0 spiro atoms. The van der Waals surface area contributed by atoms with Crippen LogP contribution in [-0.2, 0) is 6.54 Å². The molecule has 0 unspecified atom stereocenters. The first-order chi connectivity index (χ1) is 14.3. The highest BCUT2D eigenvalue weighted by molar-refractivity contribution is 5.29. The molecule has 29 heavy (non-hydrogen) atoms. The largest absolute Gasteiger partial charge is 0.443 e. The summed E-state index contributed by atoms with van der Waals surface area (Å²) in [4.78, 5) is 4.12. The van der Waals surface area contributed by atoms with Crippen LogP contribution in [0.5, 0.6) is 5.88 Å². The Morgan fingerprint density at radius 2 is 1.97 bits per heavy atom. The first-order valence-corrected chi connectivity index (χ1v) is 10.1. The van der Waals surface area contributed by atoms with Crippen LogP contribution in [0.3, 0.4) is 0 Å². The van der Waals surface area contributed by atoms with Gasteiger partial charge in [0, 0.05) is 25.2 Å². The zero-order chi connectivity index (χ0) is 21.2. The molecule has 0 aliphatic heterocycles. The van der Waals surface area contributed by atoms with E-state index in [1.165, 1.54) is 11.8 Å². The zero-order valence-electron chi connectivity index (χ0n) is 17.5. The minimum absolute atomic E-state index is 0.473. The van der Waals surface area contributed by atoms with Crippen LogP contribution in [-0.4, -0.2) is 11.5 Å². The Bertz CT molecular complexity index is 787. The van der Waals surface area contributed by atoms with Crippen molar-refractivity contribution in [1.29, 1.82) is 5.26 Å². The number of unbranched alkanes of at least 4 members (excludes halogenated alkanes) is 1. The number of nitriles is 1. The van der Waals surface area contributed by atoms with Gasteiger partial charge in [0.25, 0.3) is 0 Å². The van der Waals surface area contributed by atoms with E-state index >= 15 is 0 Å². The van der Waals surface area contributed by atoms with Crippen molar-refractivity contribution in [3.05, 3.63) is 96.4 Å². The lowest BCUT2D eigenvalue weighted by Gasteiger charge is -2.07. The standard InChI is InChI=1S/C23H25N3O.C2H6/c1-2-10-22(27-23-15-14-21(17-24)19-26-23)13-8-3-4-9-16-25-18-20-11-6-5-7-12-20;1-2/h2-3,5-8,10-12,14-15,19,25H,1,4,9,13,16,18H2;1-2H3/b8-3-,22-10+;. The second-order valence-corrected chi connectivity index (χ2v) is 5.95. The molecule has 0 radical (unpaired) electrons.